The first-order valence-electron chi connectivity index (χ1n) is 9.70. The Bertz CT molecular complexity index is 972. The largest absolute Gasteiger partial charge is 0.494 e. The maximum Gasteiger partial charge on any atom is 0.238 e. The molecule has 0 aliphatic carbocycles. The van der Waals surface area contributed by atoms with E-state index in [9.17, 15) is 9.59 Å². The number of hydrogen-bond donors (Lipinski definition) is 1. The van der Waals surface area contributed by atoms with E-state index in [4.69, 9.17) is 16.3 Å². The van der Waals surface area contributed by atoms with Gasteiger partial charge in [0.15, 0.2) is 5.78 Å². The number of ketones is 1. The quantitative estimate of drug-likeness (QED) is 0.808. The zero-order valence-corrected chi connectivity index (χ0v) is 16.9. The second-order valence-corrected chi connectivity index (χ2v) is 7.61. The van der Waals surface area contributed by atoms with Crippen LogP contribution in [0, 0.1) is 5.92 Å². The van der Waals surface area contributed by atoms with Gasteiger partial charge in [0.25, 0.3) is 0 Å². The summed E-state index contributed by atoms with van der Waals surface area (Å²) in [5, 5.41) is 3.42. The molecule has 1 atom stereocenters. The van der Waals surface area contributed by atoms with Crippen LogP contribution in [0.3, 0.4) is 0 Å². The van der Waals surface area contributed by atoms with Gasteiger partial charge in [-0.05, 0) is 55.8 Å². The van der Waals surface area contributed by atoms with Crippen molar-refractivity contribution in [3.63, 3.8) is 0 Å². The lowest BCUT2D eigenvalue weighted by molar-refractivity contribution is -0.117. The molecular weight excluding hydrogens is 390 g/mol. The molecule has 2 heterocycles. The van der Waals surface area contributed by atoms with E-state index in [1.807, 2.05) is 36.1 Å². The van der Waals surface area contributed by atoms with Crippen molar-refractivity contribution in [1.82, 2.24) is 4.90 Å². The van der Waals surface area contributed by atoms with Crippen LogP contribution in [0.1, 0.15) is 23.7 Å². The predicted molar refractivity (Wildman–Crippen MR) is 114 cm³/mol. The van der Waals surface area contributed by atoms with E-state index in [1.54, 1.807) is 18.2 Å². The maximum atomic E-state index is 12.9. The molecule has 2 aromatic rings. The molecule has 29 heavy (non-hydrogen) atoms. The third kappa shape index (κ3) is 4.33. The standard InChI is InChI=1S/C22H22ClN3O3/c1-2-29-16-6-4-15(5-7-16)24-21(27)13-26-10-9-20-18(12-26)22(28)17-11-14(23)3-8-19(17)25-20/h3-8,11,18H,2,9-10,12-13H2,1H3,(H,24,27). The molecule has 1 saturated heterocycles. The molecule has 4 rings (SSSR count). The van der Waals surface area contributed by atoms with Crippen LogP contribution in [0.15, 0.2) is 47.5 Å². The number of amides is 1. The summed E-state index contributed by atoms with van der Waals surface area (Å²) in [6.07, 6.45) is 0.675. The highest BCUT2D eigenvalue weighted by Crippen LogP contribution is 2.33. The molecule has 2 aliphatic heterocycles. The summed E-state index contributed by atoms with van der Waals surface area (Å²) in [7, 11) is 0. The van der Waals surface area contributed by atoms with E-state index in [-0.39, 0.29) is 24.2 Å². The average molecular weight is 412 g/mol. The predicted octanol–water partition coefficient (Wildman–Crippen LogP) is 3.97. The van der Waals surface area contributed by atoms with Gasteiger partial charge in [0, 0.05) is 35.1 Å². The van der Waals surface area contributed by atoms with Gasteiger partial charge in [0.1, 0.15) is 5.75 Å². The Hall–Kier alpha value is -2.70. The molecule has 0 aromatic heterocycles. The number of carbonyl (C=O) groups is 2. The number of hydrogen-bond acceptors (Lipinski definition) is 5. The maximum absolute atomic E-state index is 12.9. The third-order valence-electron chi connectivity index (χ3n) is 5.15. The van der Waals surface area contributed by atoms with Crippen molar-refractivity contribution in [2.45, 2.75) is 13.3 Å². The topological polar surface area (TPSA) is 71.0 Å². The first kappa shape index (κ1) is 19.6. The van der Waals surface area contributed by atoms with E-state index in [0.29, 0.717) is 42.4 Å². The Morgan fingerprint density at radius 3 is 2.83 bits per heavy atom. The molecular formula is C22H22ClN3O3. The van der Waals surface area contributed by atoms with Crippen molar-refractivity contribution in [1.29, 1.82) is 0 Å². The van der Waals surface area contributed by atoms with E-state index in [1.165, 1.54) is 0 Å². The fourth-order valence-corrected chi connectivity index (χ4v) is 3.94. The molecule has 0 spiro atoms. The van der Waals surface area contributed by atoms with E-state index in [2.05, 4.69) is 10.3 Å². The van der Waals surface area contributed by atoms with Crippen LogP contribution in [0.4, 0.5) is 11.4 Å². The highest BCUT2D eigenvalue weighted by molar-refractivity contribution is 6.31. The third-order valence-corrected chi connectivity index (χ3v) is 5.38. The van der Waals surface area contributed by atoms with Crippen LogP contribution in [0.2, 0.25) is 5.02 Å². The second kappa shape index (κ2) is 8.35. The van der Waals surface area contributed by atoms with Crippen molar-refractivity contribution in [2.24, 2.45) is 10.9 Å². The summed E-state index contributed by atoms with van der Waals surface area (Å²) in [6.45, 7) is 3.94. The lowest BCUT2D eigenvalue weighted by atomic mass is 9.85. The molecule has 0 radical (unpaired) electrons. The summed E-state index contributed by atoms with van der Waals surface area (Å²) >= 11 is 6.05. The zero-order valence-electron chi connectivity index (χ0n) is 16.2. The van der Waals surface area contributed by atoms with Crippen LogP contribution in [-0.2, 0) is 4.79 Å². The molecule has 0 bridgehead atoms. The van der Waals surface area contributed by atoms with Gasteiger partial charge in [-0.25, -0.2) is 0 Å². The Balaban J connectivity index is 1.38. The van der Waals surface area contributed by atoms with Crippen molar-refractivity contribution >= 4 is 40.4 Å². The summed E-state index contributed by atoms with van der Waals surface area (Å²) in [4.78, 5) is 32.1. The van der Waals surface area contributed by atoms with Gasteiger partial charge in [0.2, 0.25) is 5.91 Å². The van der Waals surface area contributed by atoms with Crippen LogP contribution >= 0.6 is 11.6 Å². The number of Topliss-reactive ketones (excluding diaryl/α,β-unsaturated/α-hetero) is 1. The lowest BCUT2D eigenvalue weighted by Gasteiger charge is -2.34. The summed E-state index contributed by atoms with van der Waals surface area (Å²) in [6, 6.07) is 12.5. The number of carbonyl (C=O) groups excluding carboxylic acids is 2. The number of rotatable bonds is 5. The number of aliphatic imine (C=N–C) groups is 1. The fraction of sp³-hybridized carbons (Fsp3) is 0.318. The van der Waals surface area contributed by atoms with Gasteiger partial charge >= 0.3 is 0 Å². The van der Waals surface area contributed by atoms with Crippen molar-refractivity contribution in [3.8, 4) is 5.75 Å². The van der Waals surface area contributed by atoms with Crippen molar-refractivity contribution < 1.29 is 14.3 Å². The number of nitrogens with zero attached hydrogens (tertiary/aromatic N) is 2. The molecule has 1 unspecified atom stereocenters. The molecule has 1 amide bonds. The van der Waals surface area contributed by atoms with Gasteiger partial charge in [-0.2, -0.15) is 0 Å². The molecule has 6 nitrogen and oxygen atoms in total. The molecule has 0 saturated carbocycles. The Kier molecular flexibility index (Phi) is 5.65. The van der Waals surface area contributed by atoms with E-state index in [0.717, 1.165) is 17.1 Å². The Morgan fingerprint density at radius 2 is 2.07 bits per heavy atom. The Labute approximate surface area is 174 Å². The Morgan fingerprint density at radius 1 is 1.28 bits per heavy atom. The number of likely N-dealkylation sites (tertiary alicyclic amines) is 1. The lowest BCUT2D eigenvalue weighted by Crippen LogP contribution is -2.47. The number of ether oxygens (including phenoxy) is 1. The molecule has 150 valence electrons. The van der Waals surface area contributed by atoms with Crippen molar-refractivity contribution in [3.05, 3.63) is 53.1 Å². The fourth-order valence-electron chi connectivity index (χ4n) is 3.76. The molecule has 2 aromatic carbocycles. The summed E-state index contributed by atoms with van der Waals surface area (Å²) < 4.78 is 5.41. The number of halogens is 1. The van der Waals surface area contributed by atoms with Gasteiger partial charge < -0.3 is 10.1 Å². The van der Waals surface area contributed by atoms with Crippen LogP contribution in [0.5, 0.6) is 5.75 Å². The van der Waals surface area contributed by atoms with Crippen LogP contribution < -0.4 is 10.1 Å². The number of benzene rings is 2. The highest BCUT2D eigenvalue weighted by Gasteiger charge is 2.36. The minimum absolute atomic E-state index is 0.0316. The highest BCUT2D eigenvalue weighted by atomic mass is 35.5. The summed E-state index contributed by atoms with van der Waals surface area (Å²) in [5.74, 6) is 0.378. The number of nitrogens with one attached hydrogen (secondary N) is 1. The van der Waals surface area contributed by atoms with Crippen LogP contribution in [0.25, 0.3) is 0 Å². The zero-order chi connectivity index (χ0) is 20.4. The van der Waals surface area contributed by atoms with Gasteiger partial charge in [-0.1, -0.05) is 11.6 Å². The smallest absolute Gasteiger partial charge is 0.238 e. The van der Waals surface area contributed by atoms with Crippen LogP contribution in [-0.4, -0.2) is 48.5 Å². The normalized spacial score (nSPS) is 18.5. The summed E-state index contributed by atoms with van der Waals surface area (Å²) in [5.41, 5.74) is 2.86. The number of piperidine rings is 1. The van der Waals surface area contributed by atoms with Gasteiger partial charge in [-0.3, -0.25) is 19.5 Å². The molecule has 2 aliphatic rings. The molecule has 1 N–H and O–H groups in total. The SMILES string of the molecule is CCOc1ccc(NC(=O)CN2CCC3=Nc4ccc(Cl)cc4C(=O)C3C2)cc1. The minimum atomic E-state index is -0.312. The number of fused-ring (bicyclic) bond motifs is 2. The average Bonchev–Trinajstić information content (AvgIpc) is 2.71. The first-order valence-corrected chi connectivity index (χ1v) is 10.1. The molecule has 1 fully saturated rings. The van der Waals surface area contributed by atoms with Crippen molar-refractivity contribution in [2.75, 3.05) is 31.6 Å². The molecule has 7 heteroatoms. The van der Waals surface area contributed by atoms with E-state index >= 15 is 0 Å². The van der Waals surface area contributed by atoms with Gasteiger partial charge in [0.05, 0.1) is 24.8 Å². The minimum Gasteiger partial charge on any atom is -0.494 e. The van der Waals surface area contributed by atoms with Gasteiger partial charge in [-0.15, -0.1) is 0 Å². The van der Waals surface area contributed by atoms with E-state index < -0.39 is 0 Å². The second-order valence-electron chi connectivity index (χ2n) is 7.17. The first-order chi connectivity index (χ1) is 14.0. The number of anilines is 1. The monoisotopic (exact) mass is 411 g/mol.